The fourth-order valence-corrected chi connectivity index (χ4v) is 2.47. The van der Waals surface area contributed by atoms with E-state index in [-0.39, 0.29) is 5.91 Å². The van der Waals surface area contributed by atoms with Gasteiger partial charge in [-0.25, -0.2) is 10.0 Å². The van der Waals surface area contributed by atoms with Crippen LogP contribution in [0.15, 0.2) is 54.6 Å². The van der Waals surface area contributed by atoms with E-state index in [1.807, 2.05) is 42.5 Å². The fraction of sp³-hybridized carbons (Fsp3) is 0.235. The van der Waals surface area contributed by atoms with E-state index in [0.717, 1.165) is 31.9 Å². The van der Waals surface area contributed by atoms with Gasteiger partial charge in [0.15, 0.2) is 0 Å². The molecule has 0 aliphatic carbocycles. The minimum absolute atomic E-state index is 0.0382. The number of carbonyl (C=O) groups is 1. The number of anilines is 1. The molecule has 1 radical (unpaired) electrons. The predicted octanol–water partition coefficient (Wildman–Crippen LogP) is 1.95. The standard InChI is InChI=1S/C17H18N3O/c21-17(15-7-3-1-4-8-15)20(16-9-5-2-6-10-16)19-13-11-18-12-14-19/h1-7,9-10,18H,11-14H2. The van der Waals surface area contributed by atoms with Gasteiger partial charge >= 0.3 is 0 Å². The van der Waals surface area contributed by atoms with Crippen molar-refractivity contribution in [1.82, 2.24) is 10.3 Å². The molecule has 107 valence electrons. The van der Waals surface area contributed by atoms with Crippen molar-refractivity contribution < 1.29 is 4.79 Å². The van der Waals surface area contributed by atoms with E-state index >= 15 is 0 Å². The van der Waals surface area contributed by atoms with E-state index in [0.29, 0.717) is 5.56 Å². The monoisotopic (exact) mass is 280 g/mol. The summed E-state index contributed by atoms with van der Waals surface area (Å²) in [5, 5.41) is 7.18. The van der Waals surface area contributed by atoms with Crippen LogP contribution in [0.25, 0.3) is 0 Å². The van der Waals surface area contributed by atoms with Crippen LogP contribution in [0.3, 0.4) is 0 Å². The highest BCUT2D eigenvalue weighted by Gasteiger charge is 2.25. The van der Waals surface area contributed by atoms with Crippen LogP contribution in [-0.4, -0.2) is 37.1 Å². The number of rotatable bonds is 3. The van der Waals surface area contributed by atoms with Crippen molar-refractivity contribution in [3.63, 3.8) is 0 Å². The summed E-state index contributed by atoms with van der Waals surface area (Å²) in [6.45, 7) is 3.39. The Morgan fingerprint density at radius 2 is 1.76 bits per heavy atom. The van der Waals surface area contributed by atoms with Gasteiger partial charge in [0.05, 0.1) is 5.69 Å². The molecule has 1 aliphatic rings. The van der Waals surface area contributed by atoms with Crippen LogP contribution in [0.2, 0.25) is 0 Å². The van der Waals surface area contributed by atoms with Gasteiger partial charge in [0.2, 0.25) is 0 Å². The molecule has 3 rings (SSSR count). The summed E-state index contributed by atoms with van der Waals surface area (Å²) in [7, 11) is 0. The van der Waals surface area contributed by atoms with Gasteiger partial charge in [-0.05, 0) is 24.3 Å². The van der Waals surface area contributed by atoms with Crippen LogP contribution in [0.4, 0.5) is 5.69 Å². The van der Waals surface area contributed by atoms with Crippen molar-refractivity contribution in [3.8, 4) is 0 Å². The summed E-state index contributed by atoms with van der Waals surface area (Å²) in [6.07, 6.45) is 0. The summed E-state index contributed by atoms with van der Waals surface area (Å²) in [5.74, 6) is -0.0382. The van der Waals surface area contributed by atoms with Crippen LogP contribution in [0.1, 0.15) is 10.4 Å². The summed E-state index contributed by atoms with van der Waals surface area (Å²) < 4.78 is 0. The summed E-state index contributed by atoms with van der Waals surface area (Å²) in [5.41, 5.74) is 1.47. The van der Waals surface area contributed by atoms with Gasteiger partial charge in [0, 0.05) is 31.7 Å². The van der Waals surface area contributed by atoms with Gasteiger partial charge in [-0.15, -0.1) is 0 Å². The molecule has 0 unspecified atom stereocenters. The molecule has 0 aromatic heterocycles. The first-order valence-corrected chi connectivity index (χ1v) is 7.18. The second-order valence-corrected chi connectivity index (χ2v) is 4.93. The average molecular weight is 280 g/mol. The zero-order chi connectivity index (χ0) is 14.5. The molecular formula is C17H18N3O. The number of hydrogen-bond acceptors (Lipinski definition) is 3. The Hall–Kier alpha value is -2.17. The molecule has 1 fully saturated rings. The number of carbonyl (C=O) groups excluding carboxylic acids is 1. The molecule has 4 heteroatoms. The largest absolute Gasteiger partial charge is 0.314 e. The second-order valence-electron chi connectivity index (χ2n) is 4.93. The highest BCUT2D eigenvalue weighted by Crippen LogP contribution is 2.19. The minimum Gasteiger partial charge on any atom is -0.314 e. The molecule has 4 nitrogen and oxygen atoms in total. The lowest BCUT2D eigenvalue weighted by Gasteiger charge is -2.37. The van der Waals surface area contributed by atoms with Crippen LogP contribution in [0.5, 0.6) is 0 Å². The minimum atomic E-state index is -0.0382. The van der Waals surface area contributed by atoms with Gasteiger partial charge in [-0.3, -0.25) is 4.79 Å². The van der Waals surface area contributed by atoms with Crippen molar-refractivity contribution in [2.24, 2.45) is 0 Å². The number of nitrogens with one attached hydrogen (secondary N) is 1. The van der Waals surface area contributed by atoms with E-state index < -0.39 is 0 Å². The van der Waals surface area contributed by atoms with Crippen molar-refractivity contribution >= 4 is 11.6 Å². The number of hydrogen-bond donors (Lipinski definition) is 1. The molecule has 0 spiro atoms. The van der Waals surface area contributed by atoms with E-state index in [1.165, 1.54) is 0 Å². The maximum absolute atomic E-state index is 12.9. The Labute approximate surface area is 125 Å². The number of para-hydroxylation sites is 1. The summed E-state index contributed by atoms with van der Waals surface area (Å²) >= 11 is 0. The SMILES string of the molecule is O=C(c1[c]cccc1)N(c1ccccc1)N1CCNCC1. The number of benzene rings is 2. The van der Waals surface area contributed by atoms with Gasteiger partial charge in [-0.1, -0.05) is 36.4 Å². The highest BCUT2D eigenvalue weighted by molar-refractivity contribution is 6.05. The van der Waals surface area contributed by atoms with Gasteiger partial charge in [0.25, 0.3) is 5.91 Å². The van der Waals surface area contributed by atoms with Crippen molar-refractivity contribution in [3.05, 3.63) is 66.2 Å². The molecule has 0 atom stereocenters. The lowest BCUT2D eigenvalue weighted by Crippen LogP contribution is -2.55. The molecule has 1 saturated heterocycles. The molecule has 2 aromatic rings. The predicted molar refractivity (Wildman–Crippen MR) is 83.0 cm³/mol. The maximum Gasteiger partial charge on any atom is 0.273 e. The van der Waals surface area contributed by atoms with E-state index in [9.17, 15) is 4.79 Å². The molecule has 1 heterocycles. The molecule has 0 saturated carbocycles. The van der Waals surface area contributed by atoms with E-state index in [4.69, 9.17) is 0 Å². The molecule has 2 aromatic carbocycles. The summed E-state index contributed by atoms with van der Waals surface area (Å²) in [4.78, 5) is 12.9. The quantitative estimate of drug-likeness (QED) is 0.933. The van der Waals surface area contributed by atoms with E-state index in [2.05, 4.69) is 16.4 Å². The van der Waals surface area contributed by atoms with Crippen molar-refractivity contribution in [1.29, 1.82) is 0 Å². The van der Waals surface area contributed by atoms with E-state index in [1.54, 1.807) is 17.1 Å². The smallest absolute Gasteiger partial charge is 0.273 e. The lowest BCUT2D eigenvalue weighted by molar-refractivity contribution is 0.0880. The highest BCUT2D eigenvalue weighted by atomic mass is 16.2. The van der Waals surface area contributed by atoms with Crippen LogP contribution < -0.4 is 10.3 Å². The second kappa shape index (κ2) is 6.52. The Morgan fingerprint density at radius 3 is 2.43 bits per heavy atom. The fourth-order valence-electron chi connectivity index (χ4n) is 2.47. The Balaban J connectivity index is 1.94. The first-order valence-electron chi connectivity index (χ1n) is 7.18. The molecule has 1 amide bonds. The van der Waals surface area contributed by atoms with Gasteiger partial charge < -0.3 is 5.32 Å². The van der Waals surface area contributed by atoms with Crippen molar-refractivity contribution in [2.75, 3.05) is 31.2 Å². The Kier molecular flexibility index (Phi) is 4.28. The normalized spacial score (nSPS) is 15.6. The number of hydrazine groups is 1. The number of piperazine rings is 1. The summed E-state index contributed by atoms with van der Waals surface area (Å²) in [6, 6.07) is 20.1. The zero-order valence-corrected chi connectivity index (χ0v) is 11.8. The van der Waals surface area contributed by atoms with Gasteiger partial charge in [-0.2, -0.15) is 0 Å². The number of amides is 1. The van der Waals surface area contributed by atoms with Crippen molar-refractivity contribution in [2.45, 2.75) is 0 Å². The molecule has 1 aliphatic heterocycles. The third-order valence-electron chi connectivity index (χ3n) is 3.51. The average Bonchev–Trinajstić information content (AvgIpc) is 2.58. The van der Waals surface area contributed by atoms with Crippen LogP contribution >= 0.6 is 0 Å². The first kappa shape index (κ1) is 13.8. The Morgan fingerprint density at radius 1 is 1.05 bits per heavy atom. The topological polar surface area (TPSA) is 35.6 Å². The van der Waals surface area contributed by atoms with Crippen LogP contribution in [0, 0.1) is 6.07 Å². The number of nitrogens with zero attached hydrogens (tertiary/aromatic N) is 2. The van der Waals surface area contributed by atoms with Crippen LogP contribution in [-0.2, 0) is 0 Å². The molecule has 0 bridgehead atoms. The third kappa shape index (κ3) is 3.12. The third-order valence-corrected chi connectivity index (χ3v) is 3.51. The first-order chi connectivity index (χ1) is 10.4. The molecule has 21 heavy (non-hydrogen) atoms. The molecular weight excluding hydrogens is 262 g/mol. The molecule has 1 N–H and O–H groups in total. The van der Waals surface area contributed by atoms with Gasteiger partial charge in [0.1, 0.15) is 0 Å². The Bertz CT molecular complexity index is 579. The zero-order valence-electron chi connectivity index (χ0n) is 11.8. The maximum atomic E-state index is 12.9. The lowest BCUT2D eigenvalue weighted by atomic mass is 10.2.